The van der Waals surface area contributed by atoms with Crippen LogP contribution in [0.2, 0.25) is 0 Å². The number of aliphatic carboxylic acids is 2. The number of dihydropyridines is 1. The van der Waals surface area contributed by atoms with Gasteiger partial charge >= 0.3 is 18.6 Å². The first-order chi connectivity index (χ1) is 18.2. The molecule has 2 rings (SSSR count). The van der Waals surface area contributed by atoms with Crippen LogP contribution in [-0.4, -0.2) is 77.8 Å². The van der Waals surface area contributed by atoms with Crippen molar-refractivity contribution in [3.63, 3.8) is 0 Å². The van der Waals surface area contributed by atoms with Crippen molar-refractivity contribution in [1.29, 1.82) is 0 Å². The molecule has 0 fully saturated rings. The van der Waals surface area contributed by atoms with Crippen LogP contribution < -0.4 is 10.1 Å². The van der Waals surface area contributed by atoms with Gasteiger partial charge in [-0.1, -0.05) is 45.9 Å². The van der Waals surface area contributed by atoms with Gasteiger partial charge in [0.1, 0.15) is 5.75 Å². The van der Waals surface area contributed by atoms with Gasteiger partial charge in [-0.25, -0.2) is 9.59 Å². The van der Waals surface area contributed by atoms with Gasteiger partial charge in [-0.05, 0) is 57.9 Å². The molecule has 0 bridgehead atoms. The molecule has 0 saturated heterocycles. The van der Waals surface area contributed by atoms with Crippen molar-refractivity contribution in [1.82, 2.24) is 15.1 Å². The lowest BCUT2D eigenvalue weighted by Crippen LogP contribution is -2.42. The van der Waals surface area contributed by atoms with Crippen LogP contribution in [0.4, 0.5) is 8.78 Å². The Balaban J connectivity index is 2.81. The van der Waals surface area contributed by atoms with E-state index in [1.165, 1.54) is 18.2 Å². The number of hydrogen-bond acceptors (Lipinski definition) is 6. The first kappa shape index (κ1) is 31.2. The molecule has 0 radical (unpaired) electrons. The fraction of sp³-hybridized carbons (Fsp3) is 0.571. The molecular weight excluding hydrogens is 496 g/mol. The van der Waals surface area contributed by atoms with E-state index in [9.17, 15) is 28.6 Å². The van der Waals surface area contributed by atoms with Crippen LogP contribution in [0.5, 0.6) is 5.75 Å². The average molecular weight is 538 g/mol. The van der Waals surface area contributed by atoms with Crippen molar-refractivity contribution in [2.45, 2.75) is 65.9 Å². The van der Waals surface area contributed by atoms with Gasteiger partial charge in [0, 0.05) is 30.0 Å². The zero-order valence-corrected chi connectivity index (χ0v) is 22.8. The highest BCUT2D eigenvalue weighted by Crippen LogP contribution is 2.42. The van der Waals surface area contributed by atoms with E-state index in [4.69, 9.17) is 4.74 Å². The molecule has 1 aromatic rings. The van der Waals surface area contributed by atoms with Gasteiger partial charge < -0.3 is 20.3 Å². The van der Waals surface area contributed by atoms with Gasteiger partial charge in [0.15, 0.2) is 0 Å². The highest BCUT2D eigenvalue weighted by Gasteiger charge is 2.40. The second-order valence-corrected chi connectivity index (χ2v) is 9.42. The number of benzene rings is 1. The first-order valence-corrected chi connectivity index (χ1v) is 13.4. The molecule has 1 aromatic carbocycles. The summed E-state index contributed by atoms with van der Waals surface area (Å²) in [5, 5.41) is 24.0. The quantitative estimate of drug-likeness (QED) is 0.258. The van der Waals surface area contributed by atoms with Crippen molar-refractivity contribution in [3.05, 3.63) is 52.4 Å². The highest BCUT2D eigenvalue weighted by atomic mass is 19.3. The summed E-state index contributed by atoms with van der Waals surface area (Å²) in [6.45, 7) is 8.41. The van der Waals surface area contributed by atoms with E-state index in [0.717, 1.165) is 51.9 Å². The lowest BCUT2D eigenvalue weighted by molar-refractivity contribution is -0.133. The lowest BCUT2D eigenvalue weighted by atomic mass is 9.79. The molecule has 1 aliphatic rings. The second-order valence-electron chi connectivity index (χ2n) is 9.42. The maximum absolute atomic E-state index is 13.3. The first-order valence-electron chi connectivity index (χ1n) is 13.4. The van der Waals surface area contributed by atoms with Gasteiger partial charge in [-0.15, -0.1) is 0 Å². The topological polar surface area (TPSA) is 102 Å². The van der Waals surface area contributed by atoms with Crippen LogP contribution in [-0.2, 0) is 9.59 Å². The van der Waals surface area contributed by atoms with E-state index in [1.807, 2.05) is 27.7 Å². The van der Waals surface area contributed by atoms with Gasteiger partial charge in [-0.2, -0.15) is 8.78 Å². The Morgan fingerprint density at radius 3 is 1.63 bits per heavy atom. The van der Waals surface area contributed by atoms with Crippen LogP contribution in [0.25, 0.3) is 0 Å². The number of halogens is 2. The van der Waals surface area contributed by atoms with E-state index >= 15 is 0 Å². The Bertz CT molecular complexity index is 948. The zero-order valence-electron chi connectivity index (χ0n) is 22.8. The van der Waals surface area contributed by atoms with Crippen molar-refractivity contribution < 1.29 is 33.3 Å². The molecule has 0 aromatic heterocycles. The van der Waals surface area contributed by atoms with E-state index in [0.29, 0.717) is 11.4 Å². The standard InChI is InChI=1S/C28H41F2N3O5/c1-5-13-32(14-6-2)17-20-24(26(34)35)23(19-11-9-10-12-22(19)38-28(29)30)25(27(36)37)21(31-20)18-33(15-7-3)16-8-4/h9-12,23,28,31H,5-8,13-18H2,1-4H3,(H,34,35)(H,36,37). The number of rotatable bonds is 17. The molecule has 212 valence electrons. The fourth-order valence-electron chi connectivity index (χ4n) is 5.05. The van der Waals surface area contributed by atoms with Crippen LogP contribution in [0.3, 0.4) is 0 Å². The molecule has 1 heterocycles. The molecule has 8 nitrogen and oxygen atoms in total. The molecule has 0 aliphatic carbocycles. The minimum absolute atomic E-state index is 0.0779. The number of nitrogens with one attached hydrogen (secondary N) is 1. The fourth-order valence-corrected chi connectivity index (χ4v) is 5.05. The van der Waals surface area contributed by atoms with E-state index < -0.39 is 24.5 Å². The minimum Gasteiger partial charge on any atom is -0.478 e. The largest absolute Gasteiger partial charge is 0.478 e. The SMILES string of the molecule is CCCN(CCC)CC1=C(C(=O)O)C(c2ccccc2OC(F)F)C(C(=O)O)=C(CN(CCC)CCC)N1. The second kappa shape index (κ2) is 15.4. The maximum atomic E-state index is 13.3. The van der Waals surface area contributed by atoms with Gasteiger partial charge in [0.2, 0.25) is 0 Å². The number of alkyl halides is 2. The Labute approximate surface area is 224 Å². The molecule has 1 aliphatic heterocycles. The van der Waals surface area contributed by atoms with Crippen molar-refractivity contribution in [2.24, 2.45) is 0 Å². The summed E-state index contributed by atoms with van der Waals surface area (Å²) < 4.78 is 31.4. The molecule has 0 spiro atoms. The minimum atomic E-state index is -3.15. The molecule has 0 amide bonds. The van der Waals surface area contributed by atoms with Gasteiger partial charge in [-0.3, -0.25) is 9.80 Å². The van der Waals surface area contributed by atoms with Crippen LogP contribution in [0.1, 0.15) is 64.9 Å². The van der Waals surface area contributed by atoms with Gasteiger partial charge in [0.25, 0.3) is 0 Å². The third kappa shape index (κ3) is 8.26. The average Bonchev–Trinajstić information content (AvgIpc) is 2.84. The Morgan fingerprint density at radius 1 is 0.842 bits per heavy atom. The van der Waals surface area contributed by atoms with Crippen LogP contribution in [0, 0.1) is 0 Å². The third-order valence-corrected chi connectivity index (χ3v) is 6.36. The van der Waals surface area contributed by atoms with Crippen molar-refractivity contribution in [3.8, 4) is 5.75 Å². The number of para-hydroxylation sites is 1. The predicted molar refractivity (Wildman–Crippen MR) is 142 cm³/mol. The number of ether oxygens (including phenoxy) is 1. The maximum Gasteiger partial charge on any atom is 0.387 e. The summed E-state index contributed by atoms with van der Waals surface area (Å²) in [5.41, 5.74) is 0.458. The van der Waals surface area contributed by atoms with Crippen LogP contribution >= 0.6 is 0 Å². The van der Waals surface area contributed by atoms with Crippen molar-refractivity contribution in [2.75, 3.05) is 39.3 Å². The predicted octanol–water partition coefficient (Wildman–Crippen LogP) is 4.90. The Morgan fingerprint density at radius 2 is 1.26 bits per heavy atom. The van der Waals surface area contributed by atoms with Crippen LogP contribution in [0.15, 0.2) is 46.8 Å². The summed E-state index contributed by atoms with van der Waals surface area (Å²) in [6, 6.07) is 5.82. The highest BCUT2D eigenvalue weighted by molar-refractivity contribution is 5.99. The molecule has 0 atom stereocenters. The number of carboxylic acids is 2. The summed E-state index contributed by atoms with van der Waals surface area (Å²) in [6.07, 6.45) is 3.42. The number of nitrogens with zero attached hydrogens (tertiary/aromatic N) is 2. The Hall–Kier alpha value is -2.98. The zero-order chi connectivity index (χ0) is 28.2. The molecule has 3 N–H and O–H groups in total. The molecular formula is C28H41F2N3O5. The normalized spacial score (nSPS) is 14.6. The molecule has 0 unspecified atom stereocenters. The Kier molecular flexibility index (Phi) is 12.7. The summed E-state index contributed by atoms with van der Waals surface area (Å²) >= 11 is 0. The number of hydrogen-bond donors (Lipinski definition) is 3. The third-order valence-electron chi connectivity index (χ3n) is 6.36. The summed E-state index contributed by atoms with van der Waals surface area (Å²) in [4.78, 5) is 29.7. The summed E-state index contributed by atoms with van der Waals surface area (Å²) in [5.74, 6) is -4.17. The number of carboxylic acid groups (broad SMARTS) is 2. The molecule has 0 saturated carbocycles. The van der Waals surface area contributed by atoms with E-state index in [2.05, 4.69) is 15.1 Å². The van der Waals surface area contributed by atoms with E-state index in [-0.39, 0.29) is 35.5 Å². The summed E-state index contributed by atoms with van der Waals surface area (Å²) in [7, 11) is 0. The van der Waals surface area contributed by atoms with Crippen molar-refractivity contribution >= 4 is 11.9 Å². The number of carbonyl (C=O) groups is 2. The molecule has 38 heavy (non-hydrogen) atoms. The smallest absolute Gasteiger partial charge is 0.387 e. The monoisotopic (exact) mass is 537 g/mol. The van der Waals surface area contributed by atoms with E-state index in [1.54, 1.807) is 6.07 Å². The van der Waals surface area contributed by atoms with Gasteiger partial charge in [0.05, 0.1) is 17.1 Å². The lowest BCUT2D eigenvalue weighted by Gasteiger charge is -2.35. The molecule has 10 heteroatoms.